The Hall–Kier alpha value is -2.06. The molecule has 0 saturated heterocycles. The van der Waals surface area contributed by atoms with E-state index in [0.717, 1.165) is 5.56 Å². The molecule has 0 atom stereocenters. The number of aryl methyl sites for hydroxylation is 2. The summed E-state index contributed by atoms with van der Waals surface area (Å²) in [6.45, 7) is 4.51. The largest absolute Gasteiger partial charge is 0.486 e. The first kappa shape index (κ1) is 21.2. The van der Waals surface area contributed by atoms with E-state index >= 15 is 0 Å². The van der Waals surface area contributed by atoms with Crippen molar-refractivity contribution >= 4 is 37.4 Å². The quantitative estimate of drug-likeness (QED) is 0.674. The van der Waals surface area contributed by atoms with Gasteiger partial charge >= 0.3 is 0 Å². The van der Waals surface area contributed by atoms with E-state index in [1.54, 1.807) is 31.2 Å². The van der Waals surface area contributed by atoms with Crippen LogP contribution >= 0.6 is 15.9 Å². The molecule has 0 unspecified atom stereocenters. The monoisotopic (exact) mass is 493 g/mol. The summed E-state index contributed by atoms with van der Waals surface area (Å²) >= 11 is 3.45. The van der Waals surface area contributed by atoms with Crippen molar-refractivity contribution in [2.45, 2.75) is 49.2 Å². The normalized spacial score (nSPS) is 17.6. The molecule has 1 N–H and O–H groups in total. The van der Waals surface area contributed by atoms with Gasteiger partial charge in [0.25, 0.3) is 0 Å². The van der Waals surface area contributed by atoms with Crippen LogP contribution in [0.25, 0.3) is 0 Å². The summed E-state index contributed by atoms with van der Waals surface area (Å²) in [4.78, 5) is 13.7. The molecule has 1 amide bonds. The molecule has 2 aliphatic rings. The molecule has 6 nitrogen and oxygen atoms in total. The minimum absolute atomic E-state index is 0.237. The maximum absolute atomic E-state index is 13.8. The van der Waals surface area contributed by atoms with E-state index in [2.05, 4.69) is 21.2 Å². The van der Waals surface area contributed by atoms with Crippen LogP contribution in [0.4, 0.5) is 5.69 Å². The lowest BCUT2D eigenvalue weighted by atomic mass is 10.1. The number of rotatable bonds is 4. The van der Waals surface area contributed by atoms with Crippen LogP contribution in [0.15, 0.2) is 39.7 Å². The Labute approximate surface area is 185 Å². The molecule has 0 aromatic heterocycles. The second kappa shape index (κ2) is 7.89. The Morgan fingerprint density at radius 1 is 1.03 bits per heavy atom. The summed E-state index contributed by atoms with van der Waals surface area (Å²) in [5.41, 5.74) is 1.97. The van der Waals surface area contributed by atoms with Crippen molar-refractivity contribution in [3.05, 3.63) is 45.9 Å². The Kier molecular flexibility index (Phi) is 5.57. The lowest BCUT2D eigenvalue weighted by Crippen LogP contribution is -2.47. The number of nitrogens with one attached hydrogen (secondary N) is 1. The molecule has 160 valence electrons. The van der Waals surface area contributed by atoms with Crippen molar-refractivity contribution in [2.24, 2.45) is 0 Å². The number of halogens is 1. The van der Waals surface area contributed by atoms with Crippen LogP contribution in [0.3, 0.4) is 0 Å². The zero-order chi connectivity index (χ0) is 21.5. The van der Waals surface area contributed by atoms with Crippen molar-refractivity contribution in [3.8, 4) is 11.5 Å². The number of anilines is 1. The smallest absolute Gasteiger partial charge is 0.246 e. The topological polar surface area (TPSA) is 81.7 Å². The number of amides is 1. The molecule has 1 aliphatic heterocycles. The van der Waals surface area contributed by atoms with Crippen molar-refractivity contribution < 1.29 is 22.7 Å². The fourth-order valence-corrected chi connectivity index (χ4v) is 6.96. The third-order valence-corrected chi connectivity index (χ3v) is 9.15. The first-order chi connectivity index (χ1) is 14.2. The van der Waals surface area contributed by atoms with Gasteiger partial charge in [0.2, 0.25) is 5.91 Å². The van der Waals surface area contributed by atoms with Crippen LogP contribution in [0.1, 0.15) is 36.8 Å². The van der Waals surface area contributed by atoms with E-state index in [-0.39, 0.29) is 4.90 Å². The number of hydrogen-bond acceptors (Lipinski definition) is 5. The third-order valence-electron chi connectivity index (χ3n) is 5.85. The Bertz CT molecular complexity index is 1110. The minimum atomic E-state index is -3.89. The molecule has 0 spiro atoms. The van der Waals surface area contributed by atoms with Gasteiger partial charge in [-0.3, -0.25) is 4.79 Å². The average molecular weight is 494 g/mol. The number of fused-ring (bicyclic) bond motifs is 1. The molecular formula is C22H24BrNO5S. The zero-order valence-corrected chi connectivity index (χ0v) is 19.4. The summed E-state index contributed by atoms with van der Waals surface area (Å²) < 4.78 is 37.8. The summed E-state index contributed by atoms with van der Waals surface area (Å²) in [6, 6.07) is 8.73. The number of ether oxygens (including phenoxy) is 2. The van der Waals surface area contributed by atoms with Gasteiger partial charge in [0.15, 0.2) is 26.1 Å². The summed E-state index contributed by atoms with van der Waals surface area (Å²) in [5, 5.41) is 2.85. The summed E-state index contributed by atoms with van der Waals surface area (Å²) in [6.07, 6.45) is 1.99. The van der Waals surface area contributed by atoms with Crippen LogP contribution in [0, 0.1) is 13.8 Å². The van der Waals surface area contributed by atoms with E-state index in [9.17, 15) is 13.2 Å². The molecule has 8 heteroatoms. The standard InChI is InChI=1S/C22H24BrNO5S/c1-14-5-6-15(2)20(11-14)30(26,27)22(7-3-4-8-22)21(25)24-17-13-19-18(12-16(17)23)28-9-10-29-19/h5-6,11-13H,3-4,7-10H2,1-2H3,(H,24,25). The fraction of sp³-hybridized carbons (Fsp3) is 0.409. The maximum Gasteiger partial charge on any atom is 0.246 e. The molecule has 0 radical (unpaired) electrons. The van der Waals surface area contributed by atoms with Gasteiger partial charge in [-0.25, -0.2) is 8.42 Å². The van der Waals surface area contributed by atoms with Gasteiger partial charge in [-0.1, -0.05) is 25.0 Å². The maximum atomic E-state index is 13.8. The Morgan fingerprint density at radius 2 is 1.67 bits per heavy atom. The fourth-order valence-electron chi connectivity index (χ4n) is 4.17. The van der Waals surface area contributed by atoms with E-state index in [1.165, 1.54) is 0 Å². The molecule has 1 fully saturated rings. The van der Waals surface area contributed by atoms with Crippen LogP contribution in [-0.4, -0.2) is 32.3 Å². The zero-order valence-electron chi connectivity index (χ0n) is 17.0. The second-order valence-electron chi connectivity index (χ2n) is 7.90. The molecule has 1 saturated carbocycles. The van der Waals surface area contributed by atoms with E-state index in [0.29, 0.717) is 66.1 Å². The van der Waals surface area contributed by atoms with Gasteiger partial charge in [0.05, 0.1) is 10.6 Å². The van der Waals surface area contributed by atoms with Gasteiger partial charge in [0, 0.05) is 16.6 Å². The van der Waals surface area contributed by atoms with Crippen LogP contribution in [-0.2, 0) is 14.6 Å². The average Bonchev–Trinajstić information content (AvgIpc) is 3.22. The highest BCUT2D eigenvalue weighted by atomic mass is 79.9. The molecule has 30 heavy (non-hydrogen) atoms. The SMILES string of the molecule is Cc1ccc(C)c(S(=O)(=O)C2(C(=O)Nc3cc4c(cc3Br)OCCO4)CCCC2)c1. The first-order valence-corrected chi connectivity index (χ1v) is 12.2. The van der Waals surface area contributed by atoms with Crippen molar-refractivity contribution in [1.29, 1.82) is 0 Å². The molecule has 1 heterocycles. The van der Waals surface area contributed by atoms with Gasteiger partial charge in [-0.05, 0) is 59.8 Å². The molecule has 2 aromatic rings. The van der Waals surface area contributed by atoms with Gasteiger partial charge in [-0.2, -0.15) is 0 Å². The molecule has 1 aliphatic carbocycles. The van der Waals surface area contributed by atoms with E-state index in [4.69, 9.17) is 9.47 Å². The van der Waals surface area contributed by atoms with E-state index < -0.39 is 20.5 Å². The number of carbonyl (C=O) groups excluding carboxylic acids is 1. The second-order valence-corrected chi connectivity index (χ2v) is 11.0. The van der Waals surface area contributed by atoms with Crippen molar-refractivity contribution in [2.75, 3.05) is 18.5 Å². The van der Waals surface area contributed by atoms with Gasteiger partial charge in [-0.15, -0.1) is 0 Å². The first-order valence-electron chi connectivity index (χ1n) is 9.97. The lowest BCUT2D eigenvalue weighted by molar-refractivity contribution is -0.118. The predicted octanol–water partition coefficient (Wildman–Crippen LogP) is 4.56. The predicted molar refractivity (Wildman–Crippen MR) is 118 cm³/mol. The number of benzene rings is 2. The third kappa shape index (κ3) is 3.50. The lowest BCUT2D eigenvalue weighted by Gasteiger charge is -2.29. The molecule has 4 rings (SSSR count). The Balaban J connectivity index is 1.73. The van der Waals surface area contributed by atoms with Gasteiger partial charge < -0.3 is 14.8 Å². The summed E-state index contributed by atoms with van der Waals surface area (Å²) in [5.74, 6) is 0.612. The number of sulfone groups is 1. The van der Waals surface area contributed by atoms with E-state index in [1.807, 2.05) is 13.0 Å². The molecule has 0 bridgehead atoms. The minimum Gasteiger partial charge on any atom is -0.486 e. The molecule has 2 aromatic carbocycles. The highest BCUT2D eigenvalue weighted by Gasteiger charge is 2.53. The van der Waals surface area contributed by atoms with Crippen LogP contribution in [0.2, 0.25) is 0 Å². The molecular weight excluding hydrogens is 470 g/mol. The summed E-state index contributed by atoms with van der Waals surface area (Å²) in [7, 11) is -3.89. The van der Waals surface area contributed by atoms with Crippen LogP contribution < -0.4 is 14.8 Å². The number of carbonyl (C=O) groups is 1. The highest BCUT2D eigenvalue weighted by Crippen LogP contribution is 2.44. The van der Waals surface area contributed by atoms with Gasteiger partial charge in [0.1, 0.15) is 13.2 Å². The van der Waals surface area contributed by atoms with Crippen molar-refractivity contribution in [1.82, 2.24) is 0 Å². The van der Waals surface area contributed by atoms with Crippen LogP contribution in [0.5, 0.6) is 11.5 Å². The Morgan fingerprint density at radius 3 is 2.33 bits per heavy atom. The van der Waals surface area contributed by atoms with Crippen molar-refractivity contribution in [3.63, 3.8) is 0 Å². The highest BCUT2D eigenvalue weighted by molar-refractivity contribution is 9.10. The number of hydrogen-bond donors (Lipinski definition) is 1.